The average Bonchev–Trinajstić information content (AvgIpc) is 2.36. The fourth-order valence-corrected chi connectivity index (χ4v) is 2.51. The number of thiol groups is 1. The van der Waals surface area contributed by atoms with Crippen molar-refractivity contribution < 1.29 is 5.11 Å². The Labute approximate surface area is 117 Å². The summed E-state index contributed by atoms with van der Waals surface area (Å²) in [7, 11) is 0. The summed E-state index contributed by atoms with van der Waals surface area (Å²) in [6.45, 7) is 4.18. The quantitative estimate of drug-likeness (QED) is 0.475. The number of hydrogen-bond donors (Lipinski definition) is 2. The molecule has 0 amide bonds. The molecule has 0 saturated carbocycles. The third-order valence-corrected chi connectivity index (χ3v) is 3.99. The summed E-state index contributed by atoms with van der Waals surface area (Å²) >= 11 is 4.66. The largest absolute Gasteiger partial charge is 0.508 e. The van der Waals surface area contributed by atoms with Crippen molar-refractivity contribution in [3.8, 4) is 5.75 Å². The molecule has 0 bridgehead atoms. The highest BCUT2D eigenvalue weighted by Gasteiger charge is 2.07. The summed E-state index contributed by atoms with van der Waals surface area (Å²) in [5.41, 5.74) is 2.16. The van der Waals surface area contributed by atoms with Gasteiger partial charge in [0.1, 0.15) is 5.75 Å². The van der Waals surface area contributed by atoms with Crippen LogP contribution in [-0.4, -0.2) is 5.11 Å². The maximum atomic E-state index is 9.50. The van der Waals surface area contributed by atoms with E-state index in [0.29, 0.717) is 11.0 Å². The van der Waals surface area contributed by atoms with E-state index >= 15 is 0 Å². The molecule has 0 spiro atoms. The zero-order valence-electron chi connectivity index (χ0n) is 11.7. The Bertz CT molecular complexity index is 349. The predicted molar refractivity (Wildman–Crippen MR) is 82.6 cm³/mol. The molecule has 2 heteroatoms. The van der Waals surface area contributed by atoms with Gasteiger partial charge in [-0.3, -0.25) is 0 Å². The third kappa shape index (κ3) is 5.34. The van der Waals surface area contributed by atoms with Gasteiger partial charge in [-0.1, -0.05) is 57.6 Å². The number of benzene rings is 1. The fourth-order valence-electron chi connectivity index (χ4n) is 2.17. The lowest BCUT2D eigenvalue weighted by molar-refractivity contribution is 0.470. The number of rotatable bonds is 8. The number of aryl methyl sites for hydroxylation is 1. The second kappa shape index (κ2) is 8.47. The van der Waals surface area contributed by atoms with Gasteiger partial charge in [-0.25, -0.2) is 0 Å². The van der Waals surface area contributed by atoms with Crippen LogP contribution in [0.2, 0.25) is 0 Å². The lowest BCUT2D eigenvalue weighted by atomic mass is 10.0. The van der Waals surface area contributed by atoms with Crippen LogP contribution in [0.5, 0.6) is 5.75 Å². The van der Waals surface area contributed by atoms with E-state index in [1.54, 1.807) is 6.07 Å². The Morgan fingerprint density at radius 1 is 1.11 bits per heavy atom. The van der Waals surface area contributed by atoms with Crippen molar-refractivity contribution in [2.45, 2.75) is 64.0 Å². The molecule has 0 radical (unpaired) electrons. The first kappa shape index (κ1) is 15.4. The van der Waals surface area contributed by atoms with Crippen LogP contribution in [0.25, 0.3) is 0 Å². The highest BCUT2D eigenvalue weighted by molar-refractivity contribution is 7.80. The number of phenols is 1. The van der Waals surface area contributed by atoms with Crippen molar-refractivity contribution in [2.24, 2.45) is 0 Å². The first-order valence-electron chi connectivity index (χ1n) is 7.12. The van der Waals surface area contributed by atoms with Gasteiger partial charge in [0.05, 0.1) is 0 Å². The Morgan fingerprint density at radius 3 is 2.44 bits per heavy atom. The standard InChI is InChI=1S/C16H26OS/c1-3-4-5-6-7-8-9-16(18)14-10-11-15(17)13(2)12-14/h10-12,16-18H,3-9H2,1-2H3. The second-order valence-corrected chi connectivity index (χ2v) is 5.74. The number of phenolic OH excluding ortho intramolecular Hbond substituents is 1. The molecule has 0 aromatic heterocycles. The summed E-state index contributed by atoms with van der Waals surface area (Å²) < 4.78 is 0. The van der Waals surface area contributed by atoms with E-state index in [-0.39, 0.29) is 0 Å². The summed E-state index contributed by atoms with van der Waals surface area (Å²) in [6.07, 6.45) is 9.07. The minimum Gasteiger partial charge on any atom is -0.508 e. The van der Waals surface area contributed by atoms with Crippen molar-refractivity contribution in [3.63, 3.8) is 0 Å². The lowest BCUT2D eigenvalue weighted by Crippen LogP contribution is -1.92. The van der Waals surface area contributed by atoms with E-state index in [0.717, 1.165) is 12.0 Å². The molecule has 0 aliphatic carbocycles. The molecular formula is C16H26OS. The molecule has 102 valence electrons. The van der Waals surface area contributed by atoms with Crippen LogP contribution >= 0.6 is 12.6 Å². The van der Waals surface area contributed by atoms with E-state index in [1.807, 2.05) is 19.1 Å². The molecule has 1 aromatic rings. The highest BCUT2D eigenvalue weighted by Crippen LogP contribution is 2.29. The van der Waals surface area contributed by atoms with Crippen LogP contribution in [0, 0.1) is 6.92 Å². The number of unbranched alkanes of at least 4 members (excludes halogenated alkanes) is 5. The van der Waals surface area contributed by atoms with Gasteiger partial charge < -0.3 is 5.11 Å². The van der Waals surface area contributed by atoms with E-state index in [9.17, 15) is 5.11 Å². The molecule has 0 heterocycles. The molecule has 18 heavy (non-hydrogen) atoms. The summed E-state index contributed by atoms with van der Waals surface area (Å²) in [4.78, 5) is 0. The Hall–Kier alpha value is -0.630. The number of hydrogen-bond acceptors (Lipinski definition) is 2. The highest BCUT2D eigenvalue weighted by atomic mass is 32.1. The molecule has 1 unspecified atom stereocenters. The van der Waals surface area contributed by atoms with Gasteiger partial charge in [0.25, 0.3) is 0 Å². The van der Waals surface area contributed by atoms with Crippen molar-refractivity contribution in [3.05, 3.63) is 29.3 Å². The van der Waals surface area contributed by atoms with Gasteiger partial charge in [-0.15, -0.1) is 0 Å². The first-order chi connectivity index (χ1) is 8.65. The molecule has 1 N–H and O–H groups in total. The van der Waals surface area contributed by atoms with Crippen LogP contribution in [0.3, 0.4) is 0 Å². The molecule has 1 atom stereocenters. The predicted octanol–water partition coefficient (Wildman–Crippen LogP) is 5.42. The Morgan fingerprint density at radius 2 is 1.78 bits per heavy atom. The minimum atomic E-state index is 0.301. The molecule has 0 fully saturated rings. The Kier molecular flexibility index (Phi) is 7.26. The fraction of sp³-hybridized carbons (Fsp3) is 0.625. The van der Waals surface area contributed by atoms with Crippen molar-refractivity contribution >= 4 is 12.6 Å². The van der Waals surface area contributed by atoms with Crippen molar-refractivity contribution in [2.75, 3.05) is 0 Å². The smallest absolute Gasteiger partial charge is 0.118 e. The first-order valence-corrected chi connectivity index (χ1v) is 7.64. The zero-order valence-corrected chi connectivity index (χ0v) is 12.5. The van der Waals surface area contributed by atoms with Crippen LogP contribution in [-0.2, 0) is 0 Å². The van der Waals surface area contributed by atoms with Crippen LogP contribution in [0.15, 0.2) is 18.2 Å². The third-order valence-electron chi connectivity index (χ3n) is 3.44. The lowest BCUT2D eigenvalue weighted by Gasteiger charge is -2.12. The van der Waals surface area contributed by atoms with E-state index in [4.69, 9.17) is 0 Å². The Balaban J connectivity index is 2.27. The monoisotopic (exact) mass is 266 g/mol. The van der Waals surface area contributed by atoms with Gasteiger partial charge >= 0.3 is 0 Å². The molecule has 0 aliphatic heterocycles. The van der Waals surface area contributed by atoms with Gasteiger partial charge in [-0.05, 0) is 30.5 Å². The van der Waals surface area contributed by atoms with Crippen LogP contribution in [0.4, 0.5) is 0 Å². The molecule has 1 nitrogen and oxygen atoms in total. The van der Waals surface area contributed by atoms with Gasteiger partial charge in [-0.2, -0.15) is 12.6 Å². The van der Waals surface area contributed by atoms with Gasteiger partial charge in [0.15, 0.2) is 0 Å². The maximum absolute atomic E-state index is 9.50. The number of aromatic hydroxyl groups is 1. The van der Waals surface area contributed by atoms with Gasteiger partial charge in [0, 0.05) is 5.25 Å². The maximum Gasteiger partial charge on any atom is 0.118 e. The SMILES string of the molecule is CCCCCCCCC(S)c1ccc(O)c(C)c1. The topological polar surface area (TPSA) is 20.2 Å². The summed E-state index contributed by atoms with van der Waals surface area (Å²) in [5, 5.41) is 9.80. The van der Waals surface area contributed by atoms with E-state index < -0.39 is 0 Å². The summed E-state index contributed by atoms with van der Waals surface area (Å²) in [6, 6.07) is 5.80. The molecular weight excluding hydrogens is 240 g/mol. The van der Waals surface area contributed by atoms with Crippen molar-refractivity contribution in [1.29, 1.82) is 0 Å². The van der Waals surface area contributed by atoms with E-state index in [1.165, 1.54) is 44.1 Å². The van der Waals surface area contributed by atoms with Crippen LogP contribution in [0.1, 0.15) is 68.2 Å². The summed E-state index contributed by atoms with van der Waals surface area (Å²) in [5.74, 6) is 0.374. The second-order valence-electron chi connectivity index (χ2n) is 5.12. The average molecular weight is 266 g/mol. The molecule has 0 saturated heterocycles. The van der Waals surface area contributed by atoms with E-state index in [2.05, 4.69) is 19.6 Å². The minimum absolute atomic E-state index is 0.301. The molecule has 0 aliphatic rings. The normalized spacial score (nSPS) is 12.6. The molecule has 1 aromatic carbocycles. The molecule has 1 rings (SSSR count). The van der Waals surface area contributed by atoms with Crippen molar-refractivity contribution in [1.82, 2.24) is 0 Å². The zero-order chi connectivity index (χ0) is 13.4. The van der Waals surface area contributed by atoms with Gasteiger partial charge in [0.2, 0.25) is 0 Å². The van der Waals surface area contributed by atoms with Crippen LogP contribution < -0.4 is 0 Å².